The fourth-order valence-corrected chi connectivity index (χ4v) is 12.8. The van der Waals surface area contributed by atoms with Crippen LogP contribution in [0, 0.1) is 17.8 Å². The van der Waals surface area contributed by atoms with Gasteiger partial charge >= 0.3 is 15.6 Å². The summed E-state index contributed by atoms with van der Waals surface area (Å²) in [7, 11) is -10.0. The van der Waals surface area contributed by atoms with Gasteiger partial charge in [-0.3, -0.25) is 32.5 Å². The number of phosphoric acid groups is 2. The Bertz CT molecular complexity index is 2090. The summed E-state index contributed by atoms with van der Waals surface area (Å²) >= 11 is 0. The van der Waals surface area contributed by atoms with Gasteiger partial charge in [-0.2, -0.15) is 0 Å². The lowest BCUT2D eigenvalue weighted by Gasteiger charge is -2.40. The molecule has 470 valence electrons. The van der Waals surface area contributed by atoms with Gasteiger partial charge in [0.15, 0.2) is 18.9 Å². The van der Waals surface area contributed by atoms with Gasteiger partial charge < -0.3 is 109 Å². The van der Waals surface area contributed by atoms with Crippen LogP contribution in [0.2, 0.25) is 0 Å². The second kappa shape index (κ2) is 31.0. The van der Waals surface area contributed by atoms with Crippen LogP contribution >= 0.6 is 15.6 Å². The molecule has 31 nitrogen and oxygen atoms in total. The van der Waals surface area contributed by atoms with Crippen molar-refractivity contribution >= 4 is 33.4 Å². The first-order valence-electron chi connectivity index (χ1n) is 27.5. The number of aliphatic hydroxyl groups excluding tert-OH is 11. The van der Waals surface area contributed by atoms with Gasteiger partial charge in [0, 0.05) is 56.7 Å². The smallest absolute Gasteiger partial charge is 0.394 e. The van der Waals surface area contributed by atoms with Crippen LogP contribution < -0.4 is 0 Å². The summed E-state index contributed by atoms with van der Waals surface area (Å²) < 4.78 is 82.6. The molecule has 0 aromatic rings. The van der Waals surface area contributed by atoms with Crippen molar-refractivity contribution in [1.29, 1.82) is 0 Å². The molecule has 8 unspecified atom stereocenters. The topological polar surface area (TPSA) is 450 Å². The third-order valence-corrected chi connectivity index (χ3v) is 17.8. The Morgan fingerprint density at radius 1 is 0.469 bits per heavy atom. The van der Waals surface area contributed by atoms with E-state index in [1.54, 1.807) is 20.8 Å². The lowest BCUT2D eigenvalue weighted by Crippen LogP contribution is -2.55. The van der Waals surface area contributed by atoms with Crippen molar-refractivity contribution in [3.8, 4) is 0 Å². The Hall–Kier alpha value is -2.05. The normalized spacial score (nSPS) is 39.0. The highest BCUT2D eigenvalue weighted by Crippen LogP contribution is 2.49. The second-order valence-electron chi connectivity index (χ2n) is 21.7. The molecule has 0 aliphatic carbocycles. The molecule has 3 amide bonds. The molecular formula is C48H85N3O28P2. The minimum Gasteiger partial charge on any atom is -0.394 e. The molecular weight excluding hydrogens is 1130 g/mol. The zero-order chi connectivity index (χ0) is 59.5. The largest absolute Gasteiger partial charge is 0.472 e. The Balaban J connectivity index is 1.01. The van der Waals surface area contributed by atoms with Crippen LogP contribution in [0.4, 0.5) is 0 Å². The number of likely N-dealkylation sites (tertiary alicyclic amines) is 3. The van der Waals surface area contributed by atoms with E-state index in [-0.39, 0.29) is 97.2 Å². The zero-order valence-corrected chi connectivity index (χ0v) is 47.4. The first-order valence-corrected chi connectivity index (χ1v) is 30.5. The van der Waals surface area contributed by atoms with Gasteiger partial charge in [0.05, 0.1) is 114 Å². The zero-order valence-electron chi connectivity index (χ0n) is 45.6. The number of aliphatic hydroxyl groups is 11. The molecule has 0 saturated carbocycles. The molecule has 13 N–H and O–H groups in total. The third-order valence-electron chi connectivity index (χ3n) is 15.8. The van der Waals surface area contributed by atoms with Crippen LogP contribution in [0.3, 0.4) is 0 Å². The van der Waals surface area contributed by atoms with E-state index in [1.165, 1.54) is 14.7 Å². The van der Waals surface area contributed by atoms with E-state index in [9.17, 15) is 89.5 Å². The number of hydrogen-bond acceptors (Lipinski definition) is 26. The Morgan fingerprint density at radius 2 is 0.790 bits per heavy atom. The van der Waals surface area contributed by atoms with E-state index in [1.807, 2.05) is 0 Å². The van der Waals surface area contributed by atoms with Crippen molar-refractivity contribution in [2.45, 2.75) is 189 Å². The molecule has 0 spiro atoms. The standard InChI is InChI=1S/C48H85N3O28P2/c1-25-40(60)43(63)34(20-53)75-46(25)70-10-4-7-37(57)49-16-31(56)13-29(49)23-73-80(66,67)79-33-15-30(51(18-33)39(59)9-6-12-72-48-27(3)42(62)45(65)36(22-55)77-48)24-74-81(68,69)78-32-14-28(19-52)50(17-32)38(58)8-5-11-71-47-26(2)41(61)44(64)35(21-54)76-47/h25-36,40-48,52-56,60-65H,4-24H2,1-3H3,(H,66,67)(H,68,69)/t25?,26?,27?,28-,29-,30-,31+,32+,33+,34?,35?,36?,40+,41+,42+,43-,44-,45-,46+,47+,48+/m0/s1. The molecule has 0 bridgehead atoms. The third kappa shape index (κ3) is 18.3. The van der Waals surface area contributed by atoms with Gasteiger partial charge in [0.1, 0.15) is 36.6 Å². The molecule has 6 saturated heterocycles. The fraction of sp³-hybridized carbons (Fsp3) is 0.938. The maximum Gasteiger partial charge on any atom is 0.472 e. The Labute approximate surface area is 468 Å². The molecule has 0 radical (unpaired) electrons. The molecule has 6 aliphatic rings. The number of amides is 3. The molecule has 33 heteroatoms. The van der Waals surface area contributed by atoms with Gasteiger partial charge in [0.2, 0.25) is 17.7 Å². The van der Waals surface area contributed by atoms with Gasteiger partial charge in [0.25, 0.3) is 0 Å². The number of nitrogens with zero attached hydrogens (tertiary/aromatic N) is 3. The lowest BCUT2D eigenvalue weighted by atomic mass is 9.92. The monoisotopic (exact) mass is 1210 g/mol. The quantitative estimate of drug-likeness (QED) is 0.0249. The van der Waals surface area contributed by atoms with Crippen molar-refractivity contribution in [2.24, 2.45) is 17.8 Å². The van der Waals surface area contributed by atoms with Crippen molar-refractivity contribution in [3.05, 3.63) is 0 Å². The number of β-amino-alcohol motifs (C(OH)–C–C–N with tert-alkyl or cyclic N) is 1. The summed E-state index contributed by atoms with van der Waals surface area (Å²) in [6.45, 7) is 0.511. The van der Waals surface area contributed by atoms with Crippen molar-refractivity contribution in [1.82, 2.24) is 14.7 Å². The summed E-state index contributed by atoms with van der Waals surface area (Å²) in [6, 6.07) is -2.74. The second-order valence-corrected chi connectivity index (χ2v) is 24.6. The SMILES string of the molecule is CC1[C@H](OCCCC(=O)N2C[C@H](O)C[C@H]2COP(=O)(O)O[C@@H]2C[C@@H](COP(=O)(O)O[C@@H]3C[C@@H](CO)N(C(=O)CCCO[C@@H]4OC(CO)[C@H](O)[C@H](O)C4C)C3)N(C(=O)CCCO[C@@H]3OC(CO)[C@H](O)[C@H](O)C3C)C2)OC(CO)[C@H](O)[C@@H]1O. The average Bonchev–Trinajstić information content (AvgIpc) is 4.16. The summed E-state index contributed by atoms with van der Waals surface area (Å²) in [4.78, 5) is 66.2. The van der Waals surface area contributed by atoms with Crippen molar-refractivity contribution in [2.75, 3.05) is 79.1 Å². The van der Waals surface area contributed by atoms with Crippen LogP contribution in [-0.2, 0) is 70.0 Å². The summed E-state index contributed by atoms with van der Waals surface area (Å²) in [5, 5.41) is 111. The summed E-state index contributed by atoms with van der Waals surface area (Å²) in [6.07, 6.45) is -17.6. The number of phosphoric ester groups is 2. The minimum absolute atomic E-state index is 0.0116. The van der Waals surface area contributed by atoms with E-state index in [0.29, 0.717) is 0 Å². The Kier molecular flexibility index (Phi) is 26.1. The molecule has 23 atom stereocenters. The number of carbonyl (C=O) groups excluding carboxylic acids is 3. The van der Waals surface area contributed by atoms with Crippen LogP contribution in [0.5, 0.6) is 0 Å². The van der Waals surface area contributed by atoms with Crippen LogP contribution in [0.25, 0.3) is 0 Å². The predicted molar refractivity (Wildman–Crippen MR) is 271 cm³/mol. The number of rotatable bonds is 29. The van der Waals surface area contributed by atoms with Gasteiger partial charge in [-0.25, -0.2) is 9.13 Å². The van der Waals surface area contributed by atoms with E-state index >= 15 is 0 Å². The average molecular weight is 1210 g/mol. The van der Waals surface area contributed by atoms with Crippen LogP contribution in [0.1, 0.15) is 78.6 Å². The van der Waals surface area contributed by atoms with Crippen molar-refractivity contribution < 1.29 is 136 Å². The predicted octanol–water partition coefficient (Wildman–Crippen LogP) is -4.24. The van der Waals surface area contributed by atoms with E-state index in [4.69, 9.17) is 46.5 Å². The van der Waals surface area contributed by atoms with Crippen molar-refractivity contribution in [3.63, 3.8) is 0 Å². The highest BCUT2D eigenvalue weighted by molar-refractivity contribution is 7.47. The fourth-order valence-electron chi connectivity index (χ4n) is 10.9. The number of carbonyl (C=O) groups is 3. The number of ether oxygens (including phenoxy) is 6. The molecule has 6 fully saturated rings. The van der Waals surface area contributed by atoms with Gasteiger partial charge in [-0.15, -0.1) is 0 Å². The molecule has 6 aliphatic heterocycles. The highest BCUT2D eigenvalue weighted by Gasteiger charge is 2.47. The molecule has 0 aromatic heterocycles. The highest BCUT2D eigenvalue weighted by atomic mass is 31.2. The van der Waals surface area contributed by atoms with Crippen LogP contribution in [-0.4, -0.2) is 288 Å². The lowest BCUT2D eigenvalue weighted by molar-refractivity contribution is -0.282. The molecule has 6 heterocycles. The number of hydrogen-bond donors (Lipinski definition) is 13. The van der Waals surface area contributed by atoms with Crippen LogP contribution in [0.15, 0.2) is 0 Å². The first kappa shape index (κ1) is 68.1. The maximum absolute atomic E-state index is 13.8. The Morgan fingerprint density at radius 3 is 1.14 bits per heavy atom. The molecule has 81 heavy (non-hydrogen) atoms. The van der Waals surface area contributed by atoms with E-state index < -0.39 is 201 Å². The first-order chi connectivity index (χ1) is 38.3. The van der Waals surface area contributed by atoms with Gasteiger partial charge in [-0.1, -0.05) is 20.8 Å². The summed E-state index contributed by atoms with van der Waals surface area (Å²) in [5.41, 5.74) is 0. The van der Waals surface area contributed by atoms with E-state index in [0.717, 1.165) is 0 Å². The molecule has 0 aromatic carbocycles. The molecule has 6 rings (SSSR count). The minimum atomic E-state index is -5.00. The summed E-state index contributed by atoms with van der Waals surface area (Å²) in [5.74, 6) is -3.47. The van der Waals surface area contributed by atoms with E-state index in [2.05, 4.69) is 0 Å². The maximum atomic E-state index is 13.8. The van der Waals surface area contributed by atoms with Gasteiger partial charge in [-0.05, 0) is 38.5 Å².